The molecule has 0 N–H and O–H groups in total. The van der Waals surface area contributed by atoms with Gasteiger partial charge in [0.25, 0.3) is 0 Å². The van der Waals surface area contributed by atoms with Gasteiger partial charge in [0.2, 0.25) is 0 Å². The van der Waals surface area contributed by atoms with E-state index in [1.807, 2.05) is 23.5 Å². The Kier molecular flexibility index (Phi) is 4.95. The second-order valence-corrected chi connectivity index (χ2v) is 15.8. The fourth-order valence-corrected chi connectivity index (χ4v) is 16.1. The van der Waals surface area contributed by atoms with E-state index in [0.29, 0.717) is 9.52 Å². The highest BCUT2D eigenvalue weighted by atomic mass is 32.2. The van der Waals surface area contributed by atoms with Crippen molar-refractivity contribution in [2.24, 2.45) is 0 Å². The molecule has 0 fully saturated rings. The van der Waals surface area contributed by atoms with Crippen molar-refractivity contribution in [3.63, 3.8) is 0 Å². The molecule has 2 aliphatic heterocycles. The SMILES string of the molecule is c1ccc([Si]c2cccc3c2Sc2ccccc2[Si]32c3ccccc3Sc3ccccc32)cc1. The minimum Gasteiger partial charge on any atom is -0.0904 e. The van der Waals surface area contributed by atoms with Gasteiger partial charge in [0, 0.05) is 19.6 Å². The lowest BCUT2D eigenvalue weighted by Gasteiger charge is -2.44. The third-order valence-corrected chi connectivity index (χ3v) is 16.3. The molecule has 0 saturated carbocycles. The topological polar surface area (TPSA) is 0 Å². The fourth-order valence-electron chi connectivity index (χ4n) is 5.41. The van der Waals surface area contributed by atoms with Crippen LogP contribution in [0.4, 0.5) is 0 Å². The summed E-state index contributed by atoms with van der Waals surface area (Å²) in [6.45, 7) is 0. The molecule has 0 unspecified atom stereocenters. The Hall–Kier alpha value is -2.77. The highest BCUT2D eigenvalue weighted by molar-refractivity contribution is 8.01. The molecule has 2 radical (unpaired) electrons. The molecule has 0 bridgehead atoms. The summed E-state index contributed by atoms with van der Waals surface area (Å²) in [5, 5.41) is 9.01. The van der Waals surface area contributed by atoms with Gasteiger partial charge in [0.05, 0.1) is 0 Å². The van der Waals surface area contributed by atoms with E-state index in [1.54, 1.807) is 5.19 Å². The van der Waals surface area contributed by atoms with Crippen LogP contribution in [-0.2, 0) is 0 Å². The van der Waals surface area contributed by atoms with Crippen molar-refractivity contribution in [1.82, 2.24) is 0 Å². The van der Waals surface area contributed by atoms with E-state index in [-0.39, 0.29) is 0 Å². The van der Waals surface area contributed by atoms with Crippen molar-refractivity contribution in [3.8, 4) is 0 Å². The number of benzene rings is 5. The molecule has 7 rings (SSSR count). The van der Waals surface area contributed by atoms with Crippen LogP contribution in [0.2, 0.25) is 0 Å². The van der Waals surface area contributed by atoms with Crippen molar-refractivity contribution in [2.45, 2.75) is 19.6 Å². The van der Waals surface area contributed by atoms with Crippen LogP contribution in [-0.4, -0.2) is 17.6 Å². The number of fused-ring (bicyclic) bond motifs is 8. The van der Waals surface area contributed by atoms with Gasteiger partial charge in [-0.25, -0.2) is 0 Å². The molecular weight excluding hydrogens is 481 g/mol. The summed E-state index contributed by atoms with van der Waals surface area (Å²) in [5.41, 5.74) is 0. The zero-order valence-electron chi connectivity index (χ0n) is 18.4. The molecule has 2 aliphatic rings. The van der Waals surface area contributed by atoms with Crippen LogP contribution in [0.15, 0.2) is 141 Å². The maximum atomic E-state index is 2.44. The summed E-state index contributed by atoms with van der Waals surface area (Å²) in [6, 6.07) is 45.5. The average molecular weight is 501 g/mol. The molecule has 0 aliphatic carbocycles. The highest BCUT2D eigenvalue weighted by Crippen LogP contribution is 2.38. The Bertz CT molecular complexity index is 1480. The zero-order chi connectivity index (χ0) is 22.5. The Labute approximate surface area is 212 Å². The summed E-state index contributed by atoms with van der Waals surface area (Å²) in [4.78, 5) is 5.72. The van der Waals surface area contributed by atoms with Crippen molar-refractivity contribution >= 4 is 72.2 Å². The van der Waals surface area contributed by atoms with Crippen LogP contribution in [0.3, 0.4) is 0 Å². The van der Waals surface area contributed by atoms with Gasteiger partial charge in [0.1, 0.15) is 9.52 Å². The first kappa shape index (κ1) is 20.6. The molecule has 5 aromatic rings. The predicted octanol–water partition coefficient (Wildman–Crippen LogP) is 3.65. The second kappa shape index (κ2) is 8.17. The van der Waals surface area contributed by atoms with Gasteiger partial charge in [-0.3, -0.25) is 0 Å². The van der Waals surface area contributed by atoms with Crippen molar-refractivity contribution < 1.29 is 0 Å². The van der Waals surface area contributed by atoms with Crippen LogP contribution in [0, 0.1) is 0 Å². The van der Waals surface area contributed by atoms with Gasteiger partial charge >= 0.3 is 0 Å². The van der Waals surface area contributed by atoms with Gasteiger partial charge < -0.3 is 0 Å². The second-order valence-electron chi connectivity index (χ2n) is 8.62. The minimum absolute atomic E-state index is 0.652. The van der Waals surface area contributed by atoms with E-state index >= 15 is 0 Å². The van der Waals surface area contributed by atoms with Crippen molar-refractivity contribution in [3.05, 3.63) is 121 Å². The number of hydrogen-bond donors (Lipinski definition) is 0. The summed E-state index contributed by atoms with van der Waals surface area (Å²) >= 11 is 3.92. The van der Waals surface area contributed by atoms with Gasteiger partial charge in [0.15, 0.2) is 8.07 Å². The highest BCUT2D eigenvalue weighted by Gasteiger charge is 2.51. The van der Waals surface area contributed by atoms with E-state index in [4.69, 9.17) is 0 Å². The van der Waals surface area contributed by atoms with Gasteiger partial charge in [-0.15, -0.1) is 0 Å². The largest absolute Gasteiger partial charge is 0.184 e. The maximum absolute atomic E-state index is 2.44. The number of hydrogen-bond acceptors (Lipinski definition) is 2. The molecule has 2 heterocycles. The summed E-state index contributed by atoms with van der Waals surface area (Å²) in [5.74, 6) is 0. The maximum Gasteiger partial charge on any atom is 0.184 e. The summed E-state index contributed by atoms with van der Waals surface area (Å²) in [7, 11) is -1.79. The van der Waals surface area contributed by atoms with Crippen LogP contribution >= 0.6 is 23.5 Å². The van der Waals surface area contributed by atoms with Gasteiger partial charge in [-0.2, -0.15) is 0 Å². The standard InChI is InChI=1S/C30H20S2Si2/c1-2-11-21(12-3-1)33-25-16-10-20-29-30(25)32-24-15-6-9-19-28(24)34(29)26-17-7-4-13-22(26)31-23-14-5-8-18-27(23)34/h1-20H. The lowest BCUT2D eigenvalue weighted by Crippen LogP contribution is -2.78. The molecule has 5 aromatic carbocycles. The Balaban J connectivity index is 1.58. The first-order chi connectivity index (χ1) is 16.9. The zero-order valence-corrected chi connectivity index (χ0v) is 22.0. The Morgan fingerprint density at radius 2 is 0.941 bits per heavy atom. The molecule has 34 heavy (non-hydrogen) atoms. The normalized spacial score (nSPS) is 14.6. The molecule has 1 spiro atoms. The van der Waals surface area contributed by atoms with Gasteiger partial charge in [-0.1, -0.05) is 132 Å². The minimum atomic E-state index is -2.44. The van der Waals surface area contributed by atoms with E-state index in [9.17, 15) is 0 Å². The smallest absolute Gasteiger partial charge is 0.0904 e. The molecule has 0 nitrogen and oxygen atoms in total. The van der Waals surface area contributed by atoms with E-state index < -0.39 is 8.07 Å². The van der Waals surface area contributed by atoms with Crippen LogP contribution in [0.25, 0.3) is 0 Å². The lowest BCUT2D eigenvalue weighted by atomic mass is 10.3. The first-order valence-corrected chi connectivity index (χ1v) is 16.1. The van der Waals surface area contributed by atoms with E-state index in [2.05, 4.69) is 121 Å². The Morgan fingerprint density at radius 1 is 0.441 bits per heavy atom. The van der Waals surface area contributed by atoms with Crippen LogP contribution < -0.4 is 31.1 Å². The van der Waals surface area contributed by atoms with Crippen LogP contribution in [0.5, 0.6) is 0 Å². The summed E-state index contributed by atoms with van der Waals surface area (Å²) in [6.07, 6.45) is 0. The molecule has 0 amide bonds. The van der Waals surface area contributed by atoms with E-state index in [1.165, 1.54) is 45.5 Å². The quantitative estimate of drug-likeness (QED) is 0.333. The third-order valence-electron chi connectivity index (χ3n) is 6.78. The molecule has 160 valence electrons. The monoisotopic (exact) mass is 500 g/mol. The third kappa shape index (κ3) is 2.99. The van der Waals surface area contributed by atoms with E-state index in [0.717, 1.165) is 0 Å². The average Bonchev–Trinajstić information content (AvgIpc) is 2.90. The molecule has 0 aromatic heterocycles. The summed E-state index contributed by atoms with van der Waals surface area (Å²) < 4.78 is 0. The lowest BCUT2D eigenvalue weighted by molar-refractivity contribution is 1.38. The van der Waals surface area contributed by atoms with Crippen molar-refractivity contribution in [2.75, 3.05) is 0 Å². The number of rotatable bonds is 2. The Morgan fingerprint density at radius 3 is 1.56 bits per heavy atom. The van der Waals surface area contributed by atoms with Crippen molar-refractivity contribution in [1.29, 1.82) is 0 Å². The predicted molar refractivity (Wildman–Crippen MR) is 150 cm³/mol. The van der Waals surface area contributed by atoms with Crippen LogP contribution in [0.1, 0.15) is 0 Å². The molecular formula is C30H20S2Si2. The molecule has 0 saturated heterocycles. The fraction of sp³-hybridized carbons (Fsp3) is 0. The van der Waals surface area contributed by atoms with Gasteiger partial charge in [-0.05, 0) is 44.1 Å². The first-order valence-electron chi connectivity index (χ1n) is 11.5. The molecule has 0 atom stereocenters. The molecule has 4 heteroatoms.